The lowest BCUT2D eigenvalue weighted by Gasteiger charge is -2.16. The molecular formula is C11H17NO3. The van der Waals surface area contributed by atoms with Crippen LogP contribution in [0.1, 0.15) is 11.6 Å². The number of phenolic OH excluding ortho intramolecular Hbond substituents is 1. The van der Waals surface area contributed by atoms with E-state index in [-0.39, 0.29) is 18.4 Å². The second-order valence-corrected chi connectivity index (χ2v) is 3.28. The van der Waals surface area contributed by atoms with E-state index < -0.39 is 0 Å². The van der Waals surface area contributed by atoms with Crippen molar-refractivity contribution in [3.8, 4) is 5.75 Å². The van der Waals surface area contributed by atoms with Crippen LogP contribution in [-0.4, -0.2) is 37.1 Å². The van der Waals surface area contributed by atoms with E-state index in [1.165, 1.54) is 0 Å². The maximum Gasteiger partial charge on any atom is 0.115 e. The Morgan fingerprint density at radius 3 is 2.87 bits per heavy atom. The van der Waals surface area contributed by atoms with Crippen LogP contribution in [0.5, 0.6) is 5.75 Å². The van der Waals surface area contributed by atoms with Crippen LogP contribution < -0.4 is 5.32 Å². The maximum absolute atomic E-state index is 9.29. The average molecular weight is 211 g/mol. The van der Waals surface area contributed by atoms with Gasteiger partial charge < -0.3 is 20.3 Å². The van der Waals surface area contributed by atoms with Crippen LogP contribution in [0.2, 0.25) is 0 Å². The zero-order valence-corrected chi connectivity index (χ0v) is 8.81. The van der Waals surface area contributed by atoms with Crippen LogP contribution >= 0.6 is 0 Å². The van der Waals surface area contributed by atoms with E-state index in [1.807, 2.05) is 6.07 Å². The lowest BCUT2D eigenvalue weighted by Crippen LogP contribution is -2.27. The van der Waals surface area contributed by atoms with Gasteiger partial charge in [-0.2, -0.15) is 0 Å². The fourth-order valence-corrected chi connectivity index (χ4v) is 1.36. The molecule has 3 N–H and O–H groups in total. The fraction of sp³-hybridized carbons (Fsp3) is 0.455. The van der Waals surface area contributed by atoms with Crippen LogP contribution in [0.25, 0.3) is 0 Å². The number of ether oxygens (including phenoxy) is 1. The Labute approximate surface area is 89.5 Å². The predicted molar refractivity (Wildman–Crippen MR) is 57.8 cm³/mol. The molecule has 0 aromatic heterocycles. The summed E-state index contributed by atoms with van der Waals surface area (Å²) >= 11 is 0. The molecule has 1 aromatic carbocycles. The number of hydrogen-bond donors (Lipinski definition) is 3. The normalized spacial score (nSPS) is 12.7. The van der Waals surface area contributed by atoms with Gasteiger partial charge in [0.15, 0.2) is 0 Å². The minimum absolute atomic E-state index is 0.00678. The van der Waals surface area contributed by atoms with Gasteiger partial charge in [-0.25, -0.2) is 0 Å². The van der Waals surface area contributed by atoms with Gasteiger partial charge in [-0.05, 0) is 17.7 Å². The quantitative estimate of drug-likeness (QED) is 0.605. The largest absolute Gasteiger partial charge is 0.508 e. The number of aliphatic hydroxyl groups is 1. The molecule has 84 valence electrons. The molecule has 1 aromatic rings. The summed E-state index contributed by atoms with van der Waals surface area (Å²) in [6, 6.07) is 6.70. The number of aromatic hydroxyl groups is 1. The zero-order valence-electron chi connectivity index (χ0n) is 8.81. The number of methoxy groups -OCH3 is 1. The molecule has 0 bridgehead atoms. The SMILES string of the molecule is COCCNC(CO)c1cccc(O)c1. The summed E-state index contributed by atoms with van der Waals surface area (Å²) < 4.78 is 4.90. The molecule has 0 saturated carbocycles. The molecule has 1 rings (SSSR count). The van der Waals surface area contributed by atoms with E-state index in [9.17, 15) is 10.2 Å². The topological polar surface area (TPSA) is 61.7 Å². The molecule has 0 saturated heterocycles. The van der Waals surface area contributed by atoms with E-state index in [1.54, 1.807) is 25.3 Å². The smallest absolute Gasteiger partial charge is 0.115 e. The summed E-state index contributed by atoms with van der Waals surface area (Å²) in [5.74, 6) is 0.208. The van der Waals surface area contributed by atoms with Gasteiger partial charge in [-0.1, -0.05) is 12.1 Å². The zero-order chi connectivity index (χ0) is 11.1. The molecule has 15 heavy (non-hydrogen) atoms. The molecule has 1 unspecified atom stereocenters. The summed E-state index contributed by atoms with van der Waals surface area (Å²) in [5, 5.41) is 21.6. The third-order valence-corrected chi connectivity index (χ3v) is 2.15. The molecule has 1 atom stereocenters. The first kappa shape index (κ1) is 12.0. The third-order valence-electron chi connectivity index (χ3n) is 2.15. The highest BCUT2D eigenvalue weighted by atomic mass is 16.5. The highest BCUT2D eigenvalue weighted by Gasteiger charge is 2.09. The van der Waals surface area contributed by atoms with Crippen molar-refractivity contribution in [1.82, 2.24) is 5.32 Å². The van der Waals surface area contributed by atoms with E-state index in [0.717, 1.165) is 5.56 Å². The van der Waals surface area contributed by atoms with Gasteiger partial charge in [0.1, 0.15) is 5.75 Å². The molecule has 0 radical (unpaired) electrons. The minimum Gasteiger partial charge on any atom is -0.508 e. The number of phenols is 1. The van der Waals surface area contributed by atoms with Crippen molar-refractivity contribution in [3.63, 3.8) is 0 Å². The van der Waals surface area contributed by atoms with Gasteiger partial charge in [0.25, 0.3) is 0 Å². The molecule has 4 heteroatoms. The monoisotopic (exact) mass is 211 g/mol. The van der Waals surface area contributed by atoms with Crippen molar-refractivity contribution in [2.75, 3.05) is 26.9 Å². The van der Waals surface area contributed by atoms with E-state index in [4.69, 9.17) is 4.74 Å². The van der Waals surface area contributed by atoms with Crippen molar-refractivity contribution in [2.45, 2.75) is 6.04 Å². The van der Waals surface area contributed by atoms with Crippen molar-refractivity contribution < 1.29 is 14.9 Å². The number of aliphatic hydroxyl groups excluding tert-OH is 1. The standard InChI is InChI=1S/C11H17NO3/c1-15-6-5-12-11(8-13)9-3-2-4-10(14)7-9/h2-4,7,11-14H,5-6,8H2,1H3. The highest BCUT2D eigenvalue weighted by Crippen LogP contribution is 2.17. The first-order valence-corrected chi connectivity index (χ1v) is 4.90. The molecule has 0 aliphatic rings. The van der Waals surface area contributed by atoms with Gasteiger partial charge in [0.2, 0.25) is 0 Å². The second kappa shape index (κ2) is 6.40. The predicted octanol–water partition coefficient (Wildman–Crippen LogP) is 0.662. The summed E-state index contributed by atoms with van der Waals surface area (Å²) in [7, 11) is 1.63. The van der Waals surface area contributed by atoms with Crippen molar-refractivity contribution >= 4 is 0 Å². The number of benzene rings is 1. The second-order valence-electron chi connectivity index (χ2n) is 3.28. The van der Waals surface area contributed by atoms with Gasteiger partial charge >= 0.3 is 0 Å². The van der Waals surface area contributed by atoms with E-state index in [2.05, 4.69) is 5.32 Å². The Kier molecular flexibility index (Phi) is 5.10. The first-order valence-electron chi connectivity index (χ1n) is 4.90. The molecule has 4 nitrogen and oxygen atoms in total. The molecule has 0 heterocycles. The maximum atomic E-state index is 9.29. The third kappa shape index (κ3) is 3.87. The van der Waals surface area contributed by atoms with Gasteiger partial charge in [-0.3, -0.25) is 0 Å². The Hall–Kier alpha value is -1.10. The van der Waals surface area contributed by atoms with Crippen LogP contribution in [0, 0.1) is 0 Å². The van der Waals surface area contributed by atoms with E-state index in [0.29, 0.717) is 13.2 Å². The minimum atomic E-state index is -0.160. The Bertz CT molecular complexity index is 291. The lowest BCUT2D eigenvalue weighted by atomic mass is 10.1. The molecule has 0 aliphatic carbocycles. The highest BCUT2D eigenvalue weighted by molar-refractivity contribution is 5.29. The number of rotatable bonds is 6. The van der Waals surface area contributed by atoms with Crippen LogP contribution in [0.4, 0.5) is 0 Å². The summed E-state index contributed by atoms with van der Waals surface area (Å²) in [4.78, 5) is 0. The lowest BCUT2D eigenvalue weighted by molar-refractivity contribution is 0.184. The summed E-state index contributed by atoms with van der Waals surface area (Å²) in [5.41, 5.74) is 0.869. The van der Waals surface area contributed by atoms with Crippen molar-refractivity contribution in [2.24, 2.45) is 0 Å². The Morgan fingerprint density at radius 2 is 2.27 bits per heavy atom. The summed E-state index contributed by atoms with van der Waals surface area (Å²) in [6.45, 7) is 1.25. The number of nitrogens with one attached hydrogen (secondary N) is 1. The molecular weight excluding hydrogens is 194 g/mol. The van der Waals surface area contributed by atoms with Gasteiger partial charge in [0.05, 0.1) is 19.3 Å². The molecule has 0 spiro atoms. The van der Waals surface area contributed by atoms with Crippen LogP contribution in [0.3, 0.4) is 0 Å². The molecule has 0 fully saturated rings. The van der Waals surface area contributed by atoms with Gasteiger partial charge in [0, 0.05) is 13.7 Å². The first-order chi connectivity index (χ1) is 7.27. The van der Waals surface area contributed by atoms with E-state index >= 15 is 0 Å². The fourth-order valence-electron chi connectivity index (χ4n) is 1.36. The molecule has 0 amide bonds. The average Bonchev–Trinajstić information content (AvgIpc) is 2.24. The van der Waals surface area contributed by atoms with Crippen LogP contribution in [-0.2, 0) is 4.74 Å². The molecule has 0 aliphatic heterocycles. The number of hydrogen-bond acceptors (Lipinski definition) is 4. The van der Waals surface area contributed by atoms with Crippen molar-refractivity contribution in [1.29, 1.82) is 0 Å². The van der Waals surface area contributed by atoms with Gasteiger partial charge in [-0.15, -0.1) is 0 Å². The Balaban J connectivity index is 2.57. The van der Waals surface area contributed by atoms with Crippen molar-refractivity contribution in [3.05, 3.63) is 29.8 Å². The summed E-state index contributed by atoms with van der Waals surface area (Å²) in [6.07, 6.45) is 0. The Morgan fingerprint density at radius 1 is 1.47 bits per heavy atom. The van der Waals surface area contributed by atoms with Crippen LogP contribution in [0.15, 0.2) is 24.3 Å².